The molecule has 0 aliphatic carbocycles. The number of halogens is 1. The first-order valence-corrected chi connectivity index (χ1v) is 7.00. The van der Waals surface area contributed by atoms with E-state index in [4.69, 9.17) is 10.5 Å². The Hall–Kier alpha value is -1.07. The summed E-state index contributed by atoms with van der Waals surface area (Å²) in [4.78, 5) is 11.7. The van der Waals surface area contributed by atoms with Crippen molar-refractivity contribution in [1.82, 2.24) is 0 Å². The van der Waals surface area contributed by atoms with Gasteiger partial charge < -0.3 is 15.8 Å². The number of anilines is 2. The number of carbonyl (C=O) groups is 1. The lowest BCUT2D eigenvalue weighted by molar-refractivity contribution is -0.120. The van der Waals surface area contributed by atoms with E-state index in [2.05, 4.69) is 42.0 Å². The Morgan fingerprint density at radius 1 is 1.42 bits per heavy atom. The average Bonchev–Trinajstić information content (AvgIpc) is 2.27. The minimum Gasteiger partial charge on any atom is -0.399 e. The van der Waals surface area contributed by atoms with Gasteiger partial charge in [0.25, 0.3) is 0 Å². The number of nitrogens with two attached hydrogens (primary N) is 1. The van der Waals surface area contributed by atoms with Crippen LogP contribution in [0, 0.1) is 5.41 Å². The predicted octanol–water partition coefficient (Wildman–Crippen LogP) is 3.42. The number of nitrogen functional groups attached to an aromatic ring is 1. The monoisotopic (exact) mass is 328 g/mol. The molecule has 0 spiro atoms. The second-order valence-corrected chi connectivity index (χ2v) is 6.51. The lowest BCUT2D eigenvalue weighted by Gasteiger charge is -2.17. The van der Waals surface area contributed by atoms with E-state index >= 15 is 0 Å². The second-order valence-electron chi connectivity index (χ2n) is 5.65. The molecule has 0 aliphatic heterocycles. The van der Waals surface area contributed by atoms with E-state index in [1.165, 1.54) is 0 Å². The summed E-state index contributed by atoms with van der Waals surface area (Å²) in [6, 6.07) is 5.24. The average molecular weight is 329 g/mol. The molecule has 0 heterocycles. The molecule has 0 fully saturated rings. The summed E-state index contributed by atoms with van der Waals surface area (Å²) < 4.78 is 6.11. The van der Waals surface area contributed by atoms with Crippen LogP contribution in [0.4, 0.5) is 11.4 Å². The van der Waals surface area contributed by atoms with Crippen LogP contribution >= 0.6 is 15.9 Å². The van der Waals surface area contributed by atoms with Crippen molar-refractivity contribution in [2.45, 2.75) is 27.2 Å². The maximum Gasteiger partial charge on any atom is 0.250 e. The van der Waals surface area contributed by atoms with Crippen LogP contribution in [-0.2, 0) is 9.53 Å². The van der Waals surface area contributed by atoms with Gasteiger partial charge >= 0.3 is 0 Å². The van der Waals surface area contributed by atoms with Gasteiger partial charge in [0, 0.05) is 16.8 Å². The van der Waals surface area contributed by atoms with Crippen molar-refractivity contribution in [3.63, 3.8) is 0 Å². The molecule has 0 unspecified atom stereocenters. The van der Waals surface area contributed by atoms with Crippen LogP contribution in [0.25, 0.3) is 0 Å². The van der Waals surface area contributed by atoms with Crippen molar-refractivity contribution in [1.29, 1.82) is 0 Å². The van der Waals surface area contributed by atoms with Gasteiger partial charge in [-0.1, -0.05) is 20.8 Å². The number of amides is 1. The standard InChI is InChI=1S/C14H21BrN2O2/c1-14(2,3)6-7-19-9-13(18)17-12-5-4-10(16)8-11(12)15/h4-5,8H,6-7,9,16H2,1-3H3,(H,17,18). The zero-order valence-corrected chi connectivity index (χ0v) is 13.2. The van der Waals surface area contributed by atoms with Gasteiger partial charge in [0.05, 0.1) is 5.69 Å². The van der Waals surface area contributed by atoms with Crippen molar-refractivity contribution < 1.29 is 9.53 Å². The molecule has 1 aromatic carbocycles. The summed E-state index contributed by atoms with van der Waals surface area (Å²) >= 11 is 3.35. The van der Waals surface area contributed by atoms with E-state index in [1.54, 1.807) is 18.2 Å². The molecule has 3 N–H and O–H groups in total. The fourth-order valence-electron chi connectivity index (χ4n) is 1.36. The summed E-state index contributed by atoms with van der Waals surface area (Å²) in [5.41, 5.74) is 7.19. The molecular weight excluding hydrogens is 308 g/mol. The Labute approximate surface area is 122 Å². The smallest absolute Gasteiger partial charge is 0.250 e. The zero-order chi connectivity index (χ0) is 14.5. The van der Waals surface area contributed by atoms with Gasteiger partial charge in [-0.05, 0) is 46.0 Å². The molecule has 1 rings (SSSR count). The molecule has 0 bridgehead atoms. The predicted molar refractivity (Wildman–Crippen MR) is 82.1 cm³/mol. The Kier molecular flexibility index (Phi) is 5.82. The highest BCUT2D eigenvalue weighted by Gasteiger charge is 2.11. The van der Waals surface area contributed by atoms with Gasteiger partial charge in [-0.3, -0.25) is 4.79 Å². The molecule has 0 atom stereocenters. The summed E-state index contributed by atoms with van der Waals surface area (Å²) in [6.45, 7) is 7.07. The Morgan fingerprint density at radius 2 is 2.11 bits per heavy atom. The maximum atomic E-state index is 11.7. The molecule has 106 valence electrons. The van der Waals surface area contributed by atoms with Crippen LogP contribution < -0.4 is 11.1 Å². The van der Waals surface area contributed by atoms with Crippen LogP contribution in [0.3, 0.4) is 0 Å². The number of ether oxygens (including phenoxy) is 1. The second kappa shape index (κ2) is 6.91. The molecule has 0 aromatic heterocycles. The van der Waals surface area contributed by atoms with Crippen LogP contribution in [0.15, 0.2) is 22.7 Å². The summed E-state index contributed by atoms with van der Waals surface area (Å²) in [5, 5.41) is 2.77. The van der Waals surface area contributed by atoms with Crippen LogP contribution in [0.1, 0.15) is 27.2 Å². The van der Waals surface area contributed by atoms with Crippen molar-refractivity contribution in [3.8, 4) is 0 Å². The summed E-state index contributed by atoms with van der Waals surface area (Å²) in [5.74, 6) is -0.167. The Bertz CT molecular complexity index is 442. The van der Waals surface area contributed by atoms with E-state index in [-0.39, 0.29) is 17.9 Å². The lowest BCUT2D eigenvalue weighted by atomic mass is 9.93. The van der Waals surface area contributed by atoms with Crippen LogP contribution in [-0.4, -0.2) is 19.1 Å². The van der Waals surface area contributed by atoms with Gasteiger partial charge in [0.15, 0.2) is 0 Å². The number of carbonyl (C=O) groups excluding carboxylic acids is 1. The van der Waals surface area contributed by atoms with E-state index in [1.807, 2.05) is 0 Å². The number of benzene rings is 1. The first-order valence-electron chi connectivity index (χ1n) is 6.20. The topological polar surface area (TPSA) is 64.3 Å². The molecule has 19 heavy (non-hydrogen) atoms. The fraction of sp³-hybridized carbons (Fsp3) is 0.500. The summed E-state index contributed by atoms with van der Waals surface area (Å²) in [6.07, 6.45) is 0.922. The van der Waals surface area contributed by atoms with Crippen molar-refractivity contribution in [2.75, 3.05) is 24.3 Å². The highest BCUT2D eigenvalue weighted by molar-refractivity contribution is 9.10. The zero-order valence-electron chi connectivity index (χ0n) is 11.6. The van der Waals surface area contributed by atoms with Crippen LogP contribution in [0.5, 0.6) is 0 Å². The summed E-state index contributed by atoms with van der Waals surface area (Å²) in [7, 11) is 0. The molecule has 0 aliphatic rings. The van der Waals surface area contributed by atoms with E-state index in [9.17, 15) is 4.79 Å². The number of hydrogen-bond donors (Lipinski definition) is 2. The van der Waals surface area contributed by atoms with E-state index in [0.29, 0.717) is 18.0 Å². The highest BCUT2D eigenvalue weighted by Crippen LogP contribution is 2.24. The molecule has 5 heteroatoms. The number of rotatable bonds is 5. The lowest BCUT2D eigenvalue weighted by Crippen LogP contribution is -2.20. The SMILES string of the molecule is CC(C)(C)CCOCC(=O)Nc1ccc(N)cc1Br. The van der Waals surface area contributed by atoms with Gasteiger partial charge in [0.1, 0.15) is 6.61 Å². The van der Waals surface area contributed by atoms with Crippen molar-refractivity contribution >= 4 is 33.2 Å². The minimum atomic E-state index is -0.167. The van der Waals surface area contributed by atoms with Crippen LogP contribution in [0.2, 0.25) is 0 Å². The highest BCUT2D eigenvalue weighted by atomic mass is 79.9. The third-order valence-corrected chi connectivity index (χ3v) is 3.15. The Morgan fingerprint density at radius 3 is 2.68 bits per heavy atom. The van der Waals surface area contributed by atoms with E-state index in [0.717, 1.165) is 10.9 Å². The first-order chi connectivity index (χ1) is 8.78. The Balaban J connectivity index is 2.35. The number of nitrogens with one attached hydrogen (secondary N) is 1. The first kappa shape index (κ1) is 16.0. The minimum absolute atomic E-state index is 0.0624. The van der Waals surface area contributed by atoms with Gasteiger partial charge in [-0.2, -0.15) is 0 Å². The third-order valence-electron chi connectivity index (χ3n) is 2.50. The molecule has 0 saturated carbocycles. The normalized spacial score (nSPS) is 11.4. The molecule has 0 radical (unpaired) electrons. The molecular formula is C14H21BrN2O2. The number of hydrogen-bond acceptors (Lipinski definition) is 3. The fourth-order valence-corrected chi connectivity index (χ4v) is 1.86. The third kappa shape index (κ3) is 6.59. The van der Waals surface area contributed by atoms with Gasteiger partial charge in [0.2, 0.25) is 5.91 Å². The van der Waals surface area contributed by atoms with Crippen molar-refractivity contribution in [2.24, 2.45) is 5.41 Å². The molecule has 1 aromatic rings. The quantitative estimate of drug-likeness (QED) is 0.643. The van der Waals surface area contributed by atoms with Gasteiger partial charge in [-0.25, -0.2) is 0 Å². The van der Waals surface area contributed by atoms with E-state index < -0.39 is 0 Å². The molecule has 1 amide bonds. The molecule has 4 nitrogen and oxygen atoms in total. The van der Waals surface area contributed by atoms with Gasteiger partial charge in [-0.15, -0.1) is 0 Å². The van der Waals surface area contributed by atoms with Crippen molar-refractivity contribution in [3.05, 3.63) is 22.7 Å². The maximum absolute atomic E-state index is 11.7. The molecule has 0 saturated heterocycles. The largest absolute Gasteiger partial charge is 0.399 e.